The fraction of sp³-hybridized carbons (Fsp3) is 0.857. The number of amides is 2. The quantitative estimate of drug-likeness (QED) is 0.729. The summed E-state index contributed by atoms with van der Waals surface area (Å²) in [6.45, 7) is 13.9. The summed E-state index contributed by atoms with van der Waals surface area (Å²) in [5, 5.41) is 7.98. The van der Waals surface area contributed by atoms with Crippen LogP contribution in [-0.2, 0) is 9.59 Å². The van der Waals surface area contributed by atoms with Crippen LogP contribution in [0.5, 0.6) is 0 Å². The first-order chi connectivity index (χ1) is 8.82. The van der Waals surface area contributed by atoms with Crippen LogP contribution in [0, 0.1) is 5.41 Å². The average molecular weight is 275 g/mol. The fourth-order valence-corrected chi connectivity index (χ4v) is 1.19. The van der Waals surface area contributed by atoms with Gasteiger partial charge in [0.1, 0.15) is 6.04 Å². The lowest BCUT2D eigenvalue weighted by Gasteiger charge is -2.29. The molecule has 0 bridgehead atoms. The van der Waals surface area contributed by atoms with Crippen LogP contribution in [-0.4, -0.2) is 38.5 Å². The summed E-state index contributed by atoms with van der Waals surface area (Å²) >= 11 is 0. The van der Waals surface area contributed by atoms with E-state index >= 15 is 0 Å². The van der Waals surface area contributed by atoms with Crippen molar-refractivity contribution >= 4 is 11.8 Å². The SMILES string of the molecule is CC.CC.CNCC(=O)NC(C(=O)NC)C(C)(C)C. The Morgan fingerprint density at radius 1 is 1.00 bits per heavy atom. The normalized spacial score (nSPS) is 11.0. The molecule has 0 radical (unpaired) electrons. The smallest absolute Gasteiger partial charge is 0.242 e. The minimum Gasteiger partial charge on any atom is -0.357 e. The third kappa shape index (κ3) is 11.7. The summed E-state index contributed by atoms with van der Waals surface area (Å²) in [6, 6.07) is -0.511. The molecule has 0 aliphatic carbocycles. The first kappa shape index (κ1) is 23.0. The fourth-order valence-electron chi connectivity index (χ4n) is 1.19. The van der Waals surface area contributed by atoms with Gasteiger partial charge in [0, 0.05) is 7.05 Å². The first-order valence-corrected chi connectivity index (χ1v) is 6.98. The van der Waals surface area contributed by atoms with E-state index in [1.807, 2.05) is 48.5 Å². The summed E-state index contributed by atoms with van der Waals surface area (Å²) in [6.07, 6.45) is 0. The number of hydrogen-bond acceptors (Lipinski definition) is 3. The number of hydrogen-bond donors (Lipinski definition) is 3. The summed E-state index contributed by atoms with van der Waals surface area (Å²) < 4.78 is 0. The van der Waals surface area contributed by atoms with Crippen LogP contribution >= 0.6 is 0 Å². The van der Waals surface area contributed by atoms with Gasteiger partial charge in [0.15, 0.2) is 0 Å². The van der Waals surface area contributed by atoms with Crippen LogP contribution in [0.15, 0.2) is 0 Å². The van der Waals surface area contributed by atoms with Crippen molar-refractivity contribution in [3.05, 3.63) is 0 Å². The molecular formula is C14H33N3O2. The molecule has 0 heterocycles. The highest BCUT2D eigenvalue weighted by Crippen LogP contribution is 2.19. The molecular weight excluding hydrogens is 242 g/mol. The second kappa shape index (κ2) is 13.3. The van der Waals surface area contributed by atoms with Crippen molar-refractivity contribution in [2.75, 3.05) is 20.6 Å². The Bertz CT molecular complexity index is 235. The Kier molecular flexibility index (Phi) is 16.2. The van der Waals surface area contributed by atoms with Gasteiger partial charge in [-0.1, -0.05) is 48.5 Å². The van der Waals surface area contributed by atoms with Crippen molar-refractivity contribution < 1.29 is 9.59 Å². The average Bonchev–Trinajstić information content (AvgIpc) is 2.39. The van der Waals surface area contributed by atoms with Crippen molar-refractivity contribution in [3.8, 4) is 0 Å². The van der Waals surface area contributed by atoms with Crippen molar-refractivity contribution in [2.24, 2.45) is 5.41 Å². The van der Waals surface area contributed by atoms with E-state index in [4.69, 9.17) is 0 Å². The lowest BCUT2D eigenvalue weighted by Crippen LogP contribution is -2.54. The molecule has 116 valence electrons. The molecule has 0 aromatic heterocycles. The minimum atomic E-state index is -0.511. The molecule has 0 spiro atoms. The summed E-state index contributed by atoms with van der Waals surface area (Å²) in [7, 11) is 3.25. The molecule has 0 aliphatic heterocycles. The van der Waals surface area contributed by atoms with Gasteiger partial charge in [-0.15, -0.1) is 0 Å². The van der Waals surface area contributed by atoms with Crippen molar-refractivity contribution in [3.63, 3.8) is 0 Å². The zero-order valence-electron chi connectivity index (χ0n) is 14.1. The van der Waals surface area contributed by atoms with E-state index in [9.17, 15) is 9.59 Å². The molecule has 19 heavy (non-hydrogen) atoms. The zero-order chi connectivity index (χ0) is 16.1. The Morgan fingerprint density at radius 3 is 1.68 bits per heavy atom. The van der Waals surface area contributed by atoms with Gasteiger partial charge in [-0.2, -0.15) is 0 Å². The van der Waals surface area contributed by atoms with E-state index in [-0.39, 0.29) is 23.8 Å². The lowest BCUT2D eigenvalue weighted by molar-refractivity contribution is -0.130. The van der Waals surface area contributed by atoms with Gasteiger partial charge in [-0.05, 0) is 12.5 Å². The number of rotatable bonds is 4. The number of carbonyl (C=O) groups is 2. The Balaban J connectivity index is -0.000000579. The van der Waals surface area contributed by atoms with Crippen LogP contribution in [0.2, 0.25) is 0 Å². The molecule has 0 saturated heterocycles. The molecule has 1 unspecified atom stereocenters. The topological polar surface area (TPSA) is 70.2 Å². The predicted molar refractivity (Wildman–Crippen MR) is 82.1 cm³/mol. The third-order valence-electron chi connectivity index (χ3n) is 2.02. The van der Waals surface area contributed by atoms with E-state index < -0.39 is 6.04 Å². The second-order valence-corrected chi connectivity index (χ2v) is 4.51. The third-order valence-corrected chi connectivity index (χ3v) is 2.02. The highest BCUT2D eigenvalue weighted by molar-refractivity contribution is 5.88. The lowest BCUT2D eigenvalue weighted by atomic mass is 9.86. The maximum absolute atomic E-state index is 11.6. The monoisotopic (exact) mass is 275 g/mol. The maximum Gasteiger partial charge on any atom is 0.242 e. The van der Waals surface area contributed by atoms with Gasteiger partial charge in [-0.25, -0.2) is 0 Å². The van der Waals surface area contributed by atoms with Crippen LogP contribution in [0.1, 0.15) is 48.5 Å². The van der Waals surface area contributed by atoms with E-state index in [1.165, 1.54) is 0 Å². The van der Waals surface area contributed by atoms with Crippen LogP contribution in [0.4, 0.5) is 0 Å². The van der Waals surface area contributed by atoms with Crippen molar-refractivity contribution in [2.45, 2.75) is 54.5 Å². The molecule has 0 saturated carbocycles. The summed E-state index contributed by atoms with van der Waals surface area (Å²) in [5.74, 6) is -0.354. The van der Waals surface area contributed by atoms with Crippen LogP contribution in [0.25, 0.3) is 0 Å². The Morgan fingerprint density at radius 2 is 1.42 bits per heavy atom. The molecule has 1 atom stereocenters. The molecule has 0 rings (SSSR count). The van der Waals surface area contributed by atoms with Crippen molar-refractivity contribution in [1.29, 1.82) is 0 Å². The molecule has 3 N–H and O–H groups in total. The van der Waals surface area contributed by atoms with Gasteiger partial charge in [0.25, 0.3) is 0 Å². The molecule has 0 aromatic rings. The summed E-state index contributed by atoms with van der Waals surface area (Å²) in [5.41, 5.74) is -0.302. The van der Waals surface area contributed by atoms with E-state index in [0.29, 0.717) is 0 Å². The maximum atomic E-state index is 11.6. The van der Waals surface area contributed by atoms with Gasteiger partial charge < -0.3 is 16.0 Å². The van der Waals surface area contributed by atoms with Gasteiger partial charge in [-0.3, -0.25) is 9.59 Å². The Hall–Kier alpha value is -1.10. The largest absolute Gasteiger partial charge is 0.357 e. The number of carbonyl (C=O) groups excluding carboxylic acids is 2. The minimum absolute atomic E-state index is 0.174. The highest BCUT2D eigenvalue weighted by atomic mass is 16.2. The van der Waals surface area contributed by atoms with Crippen LogP contribution < -0.4 is 16.0 Å². The van der Waals surface area contributed by atoms with Gasteiger partial charge in [0.2, 0.25) is 11.8 Å². The van der Waals surface area contributed by atoms with Gasteiger partial charge >= 0.3 is 0 Å². The highest BCUT2D eigenvalue weighted by Gasteiger charge is 2.31. The molecule has 5 heteroatoms. The molecule has 2 amide bonds. The van der Waals surface area contributed by atoms with E-state index in [0.717, 1.165) is 0 Å². The zero-order valence-corrected chi connectivity index (χ0v) is 14.1. The summed E-state index contributed by atoms with van der Waals surface area (Å²) in [4.78, 5) is 22.9. The van der Waals surface area contributed by atoms with Gasteiger partial charge in [0.05, 0.1) is 6.54 Å². The second-order valence-electron chi connectivity index (χ2n) is 4.51. The Labute approximate surface area is 118 Å². The predicted octanol–water partition coefficient (Wildman–Crippen LogP) is 1.54. The molecule has 5 nitrogen and oxygen atoms in total. The number of nitrogens with one attached hydrogen (secondary N) is 3. The number of likely N-dealkylation sites (N-methyl/N-ethyl adjacent to an activating group) is 2. The molecule has 0 aromatic carbocycles. The van der Waals surface area contributed by atoms with E-state index in [2.05, 4.69) is 16.0 Å². The van der Waals surface area contributed by atoms with Crippen molar-refractivity contribution in [1.82, 2.24) is 16.0 Å². The van der Waals surface area contributed by atoms with Crippen LogP contribution in [0.3, 0.4) is 0 Å². The van der Waals surface area contributed by atoms with E-state index in [1.54, 1.807) is 14.1 Å². The first-order valence-electron chi connectivity index (χ1n) is 6.98. The molecule has 0 fully saturated rings. The standard InChI is InChI=1S/C10H21N3O2.2C2H6/c1-10(2,3)8(9(15)12-5)13-7(14)6-11-4;2*1-2/h8,11H,6H2,1-5H3,(H,12,15)(H,13,14);2*1-2H3. The molecule has 0 aliphatic rings.